The van der Waals surface area contributed by atoms with Crippen molar-refractivity contribution in [3.8, 4) is 0 Å². The molecule has 0 radical (unpaired) electrons. The molecule has 1 heterocycles. The van der Waals surface area contributed by atoms with Gasteiger partial charge in [-0.2, -0.15) is 0 Å². The van der Waals surface area contributed by atoms with Crippen LogP contribution in [0.4, 0.5) is 0 Å². The molecule has 3 rings (SSSR count). The van der Waals surface area contributed by atoms with E-state index < -0.39 is 9.84 Å². The van der Waals surface area contributed by atoms with E-state index in [0.717, 1.165) is 23.1 Å². The summed E-state index contributed by atoms with van der Waals surface area (Å²) >= 11 is 0. The van der Waals surface area contributed by atoms with Crippen LogP contribution in [0.25, 0.3) is 11.1 Å². The van der Waals surface area contributed by atoms with Crippen LogP contribution in [0.5, 0.6) is 0 Å². The molecule has 0 fully saturated rings. The van der Waals surface area contributed by atoms with Gasteiger partial charge in [-0.15, -0.1) is 0 Å². The first-order valence-corrected chi connectivity index (χ1v) is 8.56. The lowest BCUT2D eigenvalue weighted by atomic mass is 9.96. The lowest BCUT2D eigenvalue weighted by molar-refractivity contribution is 0.602. The van der Waals surface area contributed by atoms with E-state index in [0.29, 0.717) is 4.90 Å². The van der Waals surface area contributed by atoms with Crippen molar-refractivity contribution in [3.63, 3.8) is 0 Å². The highest BCUT2D eigenvalue weighted by Crippen LogP contribution is 2.36. The summed E-state index contributed by atoms with van der Waals surface area (Å²) in [5.74, 6) is 0. The van der Waals surface area contributed by atoms with Crippen molar-refractivity contribution >= 4 is 21.0 Å². The minimum atomic E-state index is -3.15. The van der Waals surface area contributed by atoms with Crippen molar-refractivity contribution < 1.29 is 8.42 Å². The molecule has 1 aromatic heterocycles. The van der Waals surface area contributed by atoms with Gasteiger partial charge < -0.3 is 0 Å². The molecule has 0 bridgehead atoms. The van der Waals surface area contributed by atoms with Gasteiger partial charge in [0.25, 0.3) is 0 Å². The van der Waals surface area contributed by atoms with Gasteiger partial charge in [-0.05, 0) is 53.0 Å². The first kappa shape index (κ1) is 13.8. The molecule has 21 heavy (non-hydrogen) atoms. The molecule has 0 atom stereocenters. The van der Waals surface area contributed by atoms with Crippen LogP contribution in [0.3, 0.4) is 0 Å². The lowest BCUT2D eigenvalue weighted by Gasteiger charge is -2.10. The largest absolute Gasteiger partial charge is 0.265 e. The minimum absolute atomic E-state index is 0.347. The minimum Gasteiger partial charge on any atom is -0.265 e. The maximum atomic E-state index is 11.5. The van der Waals surface area contributed by atoms with E-state index in [4.69, 9.17) is 0 Å². The quantitative estimate of drug-likeness (QED) is 0.872. The first-order chi connectivity index (χ1) is 10.1. The summed E-state index contributed by atoms with van der Waals surface area (Å²) in [5.41, 5.74) is 4.47. The molecular formula is C17H15NO2S. The van der Waals surface area contributed by atoms with Gasteiger partial charge in [0.2, 0.25) is 0 Å². The Bertz CT molecular complexity index is 817. The third-order valence-corrected chi connectivity index (χ3v) is 4.65. The Morgan fingerprint density at radius 3 is 1.90 bits per heavy atom. The zero-order valence-electron chi connectivity index (χ0n) is 11.7. The summed E-state index contributed by atoms with van der Waals surface area (Å²) in [5, 5.41) is 0. The van der Waals surface area contributed by atoms with Crippen LogP contribution >= 0.6 is 0 Å². The number of pyridine rings is 1. The molecule has 0 unspecified atom stereocenters. The number of rotatable bonds is 3. The molecule has 1 aliphatic carbocycles. The van der Waals surface area contributed by atoms with E-state index in [1.165, 1.54) is 11.8 Å². The summed E-state index contributed by atoms with van der Waals surface area (Å²) < 4.78 is 23.0. The average Bonchev–Trinajstić information content (AvgIpc) is 2.97. The average molecular weight is 297 g/mol. The van der Waals surface area contributed by atoms with Crippen LogP contribution in [0.1, 0.15) is 17.5 Å². The smallest absolute Gasteiger partial charge is 0.175 e. The highest BCUT2D eigenvalue weighted by Gasteiger charge is 2.15. The van der Waals surface area contributed by atoms with Crippen molar-refractivity contribution in [3.05, 3.63) is 72.1 Å². The molecule has 3 nitrogen and oxygen atoms in total. The number of hydrogen-bond donors (Lipinski definition) is 0. The van der Waals surface area contributed by atoms with Crippen molar-refractivity contribution in [2.45, 2.75) is 11.3 Å². The second kappa shape index (κ2) is 5.30. The molecule has 2 aromatic rings. The zero-order chi connectivity index (χ0) is 14.9. The van der Waals surface area contributed by atoms with E-state index in [-0.39, 0.29) is 0 Å². The fourth-order valence-electron chi connectivity index (χ4n) is 2.47. The van der Waals surface area contributed by atoms with E-state index in [2.05, 4.69) is 17.1 Å². The summed E-state index contributed by atoms with van der Waals surface area (Å²) in [6.07, 6.45) is 10.00. The fraction of sp³-hybridized carbons (Fsp3) is 0.118. The standard InChI is InChI=1S/C17H15NO2S/c1-21(19,20)15-7-5-13(6-8-15)16-3-2-4-17(16)14-9-11-18-12-10-14/h3-12H,2H2,1H3. The van der Waals surface area contributed by atoms with Gasteiger partial charge in [-0.3, -0.25) is 4.98 Å². The molecule has 106 valence electrons. The second-order valence-electron chi connectivity index (χ2n) is 5.00. The van der Waals surface area contributed by atoms with Gasteiger partial charge in [0.15, 0.2) is 9.84 Å². The van der Waals surface area contributed by atoms with Crippen LogP contribution < -0.4 is 0 Å². The number of hydrogen-bond acceptors (Lipinski definition) is 3. The molecule has 0 saturated heterocycles. The van der Waals surface area contributed by atoms with Crippen molar-refractivity contribution in [1.29, 1.82) is 0 Å². The molecule has 1 aliphatic rings. The van der Waals surface area contributed by atoms with Gasteiger partial charge in [-0.25, -0.2) is 8.42 Å². The van der Waals surface area contributed by atoms with Crippen LogP contribution in [0.2, 0.25) is 0 Å². The molecule has 0 saturated carbocycles. The third-order valence-electron chi connectivity index (χ3n) is 3.52. The Morgan fingerprint density at radius 1 is 0.857 bits per heavy atom. The molecular weight excluding hydrogens is 282 g/mol. The SMILES string of the molecule is CS(=O)(=O)c1ccc(C2=CCC=C2c2ccncc2)cc1. The molecule has 0 spiro atoms. The van der Waals surface area contributed by atoms with Crippen molar-refractivity contribution in [2.24, 2.45) is 0 Å². The van der Waals surface area contributed by atoms with E-state index >= 15 is 0 Å². The number of aromatic nitrogens is 1. The Kier molecular flexibility index (Phi) is 3.47. The van der Waals surface area contributed by atoms with Crippen LogP contribution in [0, 0.1) is 0 Å². The Labute approximate surface area is 124 Å². The van der Waals surface area contributed by atoms with Crippen molar-refractivity contribution in [1.82, 2.24) is 4.98 Å². The topological polar surface area (TPSA) is 47.0 Å². The Morgan fingerprint density at radius 2 is 1.38 bits per heavy atom. The van der Waals surface area contributed by atoms with Gasteiger partial charge in [-0.1, -0.05) is 24.3 Å². The molecule has 0 aliphatic heterocycles. The van der Waals surface area contributed by atoms with Crippen molar-refractivity contribution in [2.75, 3.05) is 6.26 Å². The molecule has 0 N–H and O–H groups in total. The number of allylic oxidation sites excluding steroid dienone is 4. The van der Waals surface area contributed by atoms with Crippen LogP contribution in [0.15, 0.2) is 65.8 Å². The Balaban J connectivity index is 1.96. The van der Waals surface area contributed by atoms with E-state index in [1.54, 1.807) is 24.5 Å². The highest BCUT2D eigenvalue weighted by atomic mass is 32.2. The zero-order valence-corrected chi connectivity index (χ0v) is 12.5. The van der Waals surface area contributed by atoms with Gasteiger partial charge in [0, 0.05) is 18.6 Å². The Hall–Kier alpha value is -2.20. The summed E-state index contributed by atoms with van der Waals surface area (Å²) in [4.78, 5) is 4.39. The maximum absolute atomic E-state index is 11.5. The molecule has 0 amide bonds. The van der Waals surface area contributed by atoms with Gasteiger partial charge in [0.05, 0.1) is 4.90 Å². The maximum Gasteiger partial charge on any atom is 0.175 e. The highest BCUT2D eigenvalue weighted by molar-refractivity contribution is 7.90. The lowest BCUT2D eigenvalue weighted by Crippen LogP contribution is -1.97. The predicted molar refractivity (Wildman–Crippen MR) is 84.4 cm³/mol. The first-order valence-electron chi connectivity index (χ1n) is 6.67. The second-order valence-corrected chi connectivity index (χ2v) is 7.02. The summed E-state index contributed by atoms with van der Waals surface area (Å²) in [7, 11) is -3.15. The van der Waals surface area contributed by atoms with E-state index in [1.807, 2.05) is 24.3 Å². The van der Waals surface area contributed by atoms with E-state index in [9.17, 15) is 8.42 Å². The third kappa shape index (κ3) is 2.81. The van der Waals surface area contributed by atoms with Crippen LogP contribution in [-0.4, -0.2) is 19.7 Å². The predicted octanol–water partition coefficient (Wildman–Crippen LogP) is 3.36. The fourth-order valence-corrected chi connectivity index (χ4v) is 3.10. The normalized spacial score (nSPS) is 14.7. The number of benzene rings is 1. The van der Waals surface area contributed by atoms with Gasteiger partial charge in [0.1, 0.15) is 0 Å². The molecule has 4 heteroatoms. The van der Waals surface area contributed by atoms with Gasteiger partial charge >= 0.3 is 0 Å². The summed E-state index contributed by atoms with van der Waals surface area (Å²) in [6, 6.07) is 11.0. The molecule has 1 aromatic carbocycles. The van der Waals surface area contributed by atoms with Crippen LogP contribution in [-0.2, 0) is 9.84 Å². The summed E-state index contributed by atoms with van der Waals surface area (Å²) in [6.45, 7) is 0. The number of nitrogens with zero attached hydrogens (tertiary/aromatic N) is 1. The monoisotopic (exact) mass is 297 g/mol. The number of sulfone groups is 1.